The summed E-state index contributed by atoms with van der Waals surface area (Å²) in [7, 11) is 0. The van der Waals surface area contributed by atoms with Crippen molar-refractivity contribution in [2.24, 2.45) is 0 Å². The second-order valence-corrected chi connectivity index (χ2v) is 5.09. The first-order valence-corrected chi connectivity index (χ1v) is 6.54. The first-order chi connectivity index (χ1) is 8.18. The predicted octanol–water partition coefficient (Wildman–Crippen LogP) is 2.88. The Morgan fingerprint density at radius 1 is 1.41 bits per heavy atom. The van der Waals surface area contributed by atoms with Gasteiger partial charge in [-0.2, -0.15) is 0 Å². The zero-order chi connectivity index (χ0) is 12.3. The van der Waals surface area contributed by atoms with Gasteiger partial charge in [-0.25, -0.2) is 0 Å². The van der Waals surface area contributed by atoms with E-state index in [9.17, 15) is 0 Å². The molecule has 1 aliphatic rings. The van der Waals surface area contributed by atoms with Gasteiger partial charge in [-0.05, 0) is 31.6 Å². The lowest BCUT2D eigenvalue weighted by Gasteiger charge is -2.22. The maximum Gasteiger partial charge on any atom is 0.170 e. The molecular formula is C13H22N2O2. The molecule has 0 saturated carbocycles. The molecule has 1 aromatic heterocycles. The van der Waals surface area contributed by atoms with Gasteiger partial charge in [0.25, 0.3) is 0 Å². The third-order valence-corrected chi connectivity index (χ3v) is 3.38. The number of aryl methyl sites for hydroxylation is 1. The minimum Gasteiger partial charge on any atom is -0.381 e. The van der Waals surface area contributed by atoms with Gasteiger partial charge in [0, 0.05) is 18.6 Å². The summed E-state index contributed by atoms with van der Waals surface area (Å²) in [4.78, 5) is 0. The lowest BCUT2D eigenvalue weighted by molar-refractivity contribution is 0.0105. The van der Waals surface area contributed by atoms with E-state index in [1.165, 1.54) is 19.3 Å². The molecule has 0 spiro atoms. The summed E-state index contributed by atoms with van der Waals surface area (Å²) in [6.45, 7) is 5.13. The maximum atomic E-state index is 5.81. The van der Waals surface area contributed by atoms with Crippen molar-refractivity contribution in [3.8, 4) is 0 Å². The van der Waals surface area contributed by atoms with Crippen molar-refractivity contribution < 1.29 is 9.26 Å². The fourth-order valence-corrected chi connectivity index (χ4v) is 2.47. The molecular weight excluding hydrogens is 216 g/mol. The van der Waals surface area contributed by atoms with E-state index in [0.29, 0.717) is 17.8 Å². The highest BCUT2D eigenvalue weighted by Gasteiger charge is 2.19. The quantitative estimate of drug-likeness (QED) is 0.876. The second kappa shape index (κ2) is 5.54. The van der Waals surface area contributed by atoms with Crippen molar-refractivity contribution in [1.82, 2.24) is 5.16 Å². The van der Waals surface area contributed by atoms with Gasteiger partial charge in [0.05, 0.1) is 6.10 Å². The molecule has 1 unspecified atom stereocenters. The van der Waals surface area contributed by atoms with E-state index in [0.717, 1.165) is 30.8 Å². The van der Waals surface area contributed by atoms with Crippen LogP contribution < -0.4 is 5.73 Å². The largest absolute Gasteiger partial charge is 0.381 e. The van der Waals surface area contributed by atoms with E-state index in [-0.39, 0.29) is 0 Å². The van der Waals surface area contributed by atoms with Gasteiger partial charge in [-0.15, -0.1) is 0 Å². The van der Waals surface area contributed by atoms with Crippen LogP contribution in [0.2, 0.25) is 0 Å². The fourth-order valence-electron chi connectivity index (χ4n) is 2.47. The van der Waals surface area contributed by atoms with Crippen LogP contribution in [0.1, 0.15) is 56.8 Å². The predicted molar refractivity (Wildman–Crippen MR) is 66.9 cm³/mol. The number of nitrogens with two attached hydrogens (primary N) is 1. The molecule has 2 N–H and O–H groups in total. The monoisotopic (exact) mass is 238 g/mol. The van der Waals surface area contributed by atoms with Gasteiger partial charge in [0.1, 0.15) is 5.76 Å². The van der Waals surface area contributed by atoms with Crippen LogP contribution in [-0.4, -0.2) is 17.9 Å². The molecule has 0 radical (unpaired) electrons. The number of rotatable bonds is 4. The highest BCUT2D eigenvalue weighted by atomic mass is 16.5. The number of nitrogens with zero attached hydrogens (tertiary/aromatic N) is 1. The zero-order valence-electron chi connectivity index (χ0n) is 10.7. The highest BCUT2D eigenvalue weighted by molar-refractivity contribution is 5.42. The molecule has 1 atom stereocenters. The van der Waals surface area contributed by atoms with Gasteiger partial charge < -0.3 is 15.0 Å². The van der Waals surface area contributed by atoms with Crippen LogP contribution in [0.3, 0.4) is 0 Å². The van der Waals surface area contributed by atoms with Crippen LogP contribution >= 0.6 is 0 Å². The Bertz CT molecular complexity index is 354. The Morgan fingerprint density at radius 2 is 2.24 bits per heavy atom. The molecule has 2 heterocycles. The topological polar surface area (TPSA) is 61.3 Å². The first kappa shape index (κ1) is 12.4. The number of hydrogen-bond acceptors (Lipinski definition) is 4. The van der Waals surface area contributed by atoms with Crippen molar-refractivity contribution in [3.05, 3.63) is 11.3 Å². The molecule has 2 rings (SSSR count). The van der Waals surface area contributed by atoms with Crippen LogP contribution in [0, 0.1) is 0 Å². The van der Waals surface area contributed by atoms with Gasteiger partial charge in [-0.1, -0.05) is 19.0 Å². The van der Waals surface area contributed by atoms with Gasteiger partial charge in [0.2, 0.25) is 0 Å². The standard InChI is InChI=1S/C13H22N2O2/c1-9(2)12-11(17-15-13(12)14)7-6-10-5-3-4-8-16-10/h9-10H,3-8H2,1-2H3,(H2,14,15). The van der Waals surface area contributed by atoms with Gasteiger partial charge in [0.15, 0.2) is 5.82 Å². The molecule has 4 nitrogen and oxygen atoms in total. The van der Waals surface area contributed by atoms with Crippen LogP contribution in [-0.2, 0) is 11.2 Å². The molecule has 17 heavy (non-hydrogen) atoms. The lowest BCUT2D eigenvalue weighted by Crippen LogP contribution is -2.19. The summed E-state index contributed by atoms with van der Waals surface area (Å²) in [5, 5.41) is 3.86. The maximum absolute atomic E-state index is 5.81. The molecule has 0 bridgehead atoms. The molecule has 96 valence electrons. The number of anilines is 1. The Hall–Kier alpha value is -1.03. The third-order valence-electron chi connectivity index (χ3n) is 3.38. The minimum atomic E-state index is 0.364. The van der Waals surface area contributed by atoms with Crippen LogP contribution in [0.25, 0.3) is 0 Å². The average molecular weight is 238 g/mol. The number of ether oxygens (including phenoxy) is 1. The van der Waals surface area contributed by atoms with Crippen LogP contribution in [0.15, 0.2) is 4.52 Å². The molecule has 0 amide bonds. The van der Waals surface area contributed by atoms with Crippen LogP contribution in [0.5, 0.6) is 0 Å². The molecule has 0 aromatic carbocycles. The molecule has 1 aliphatic heterocycles. The summed E-state index contributed by atoms with van der Waals surface area (Å²) in [5.41, 5.74) is 6.89. The van der Waals surface area contributed by atoms with Gasteiger partial charge >= 0.3 is 0 Å². The Kier molecular flexibility index (Phi) is 4.05. The summed E-state index contributed by atoms with van der Waals surface area (Å²) in [6.07, 6.45) is 5.91. The average Bonchev–Trinajstić information content (AvgIpc) is 2.69. The van der Waals surface area contributed by atoms with E-state index < -0.39 is 0 Å². The fraction of sp³-hybridized carbons (Fsp3) is 0.769. The van der Waals surface area contributed by atoms with E-state index in [2.05, 4.69) is 19.0 Å². The molecule has 1 aromatic rings. The second-order valence-electron chi connectivity index (χ2n) is 5.09. The van der Waals surface area contributed by atoms with Crippen molar-refractivity contribution >= 4 is 5.82 Å². The van der Waals surface area contributed by atoms with E-state index >= 15 is 0 Å². The summed E-state index contributed by atoms with van der Waals surface area (Å²) in [6, 6.07) is 0. The van der Waals surface area contributed by atoms with Crippen molar-refractivity contribution in [1.29, 1.82) is 0 Å². The van der Waals surface area contributed by atoms with Gasteiger partial charge in [-0.3, -0.25) is 0 Å². The minimum absolute atomic E-state index is 0.364. The number of hydrogen-bond donors (Lipinski definition) is 1. The normalized spacial score (nSPS) is 21.0. The van der Waals surface area contributed by atoms with Crippen LogP contribution in [0.4, 0.5) is 5.82 Å². The number of nitrogen functional groups attached to an aromatic ring is 1. The van der Waals surface area contributed by atoms with E-state index in [1.54, 1.807) is 0 Å². The lowest BCUT2D eigenvalue weighted by atomic mass is 9.98. The first-order valence-electron chi connectivity index (χ1n) is 6.54. The molecule has 1 fully saturated rings. The zero-order valence-corrected chi connectivity index (χ0v) is 10.7. The molecule has 4 heteroatoms. The SMILES string of the molecule is CC(C)c1c(N)noc1CCC1CCCCO1. The smallest absolute Gasteiger partial charge is 0.170 e. The van der Waals surface area contributed by atoms with Crippen molar-refractivity contribution in [2.45, 2.75) is 58.0 Å². The highest BCUT2D eigenvalue weighted by Crippen LogP contribution is 2.27. The van der Waals surface area contributed by atoms with Crippen molar-refractivity contribution in [2.75, 3.05) is 12.3 Å². The van der Waals surface area contributed by atoms with Crippen molar-refractivity contribution in [3.63, 3.8) is 0 Å². The Balaban J connectivity index is 1.94. The molecule has 1 saturated heterocycles. The third kappa shape index (κ3) is 3.00. The number of aromatic nitrogens is 1. The summed E-state index contributed by atoms with van der Waals surface area (Å²) < 4.78 is 11.0. The summed E-state index contributed by atoms with van der Waals surface area (Å²) >= 11 is 0. The Morgan fingerprint density at radius 3 is 2.88 bits per heavy atom. The Labute approximate surface area is 102 Å². The van der Waals surface area contributed by atoms with E-state index in [1.807, 2.05) is 0 Å². The molecule has 0 aliphatic carbocycles. The van der Waals surface area contributed by atoms with E-state index in [4.69, 9.17) is 15.0 Å². The summed E-state index contributed by atoms with van der Waals surface area (Å²) in [5.74, 6) is 1.84.